The Labute approximate surface area is 125 Å². The van der Waals surface area contributed by atoms with E-state index in [2.05, 4.69) is 46.6 Å². The first kappa shape index (κ1) is 17.1. The summed E-state index contributed by atoms with van der Waals surface area (Å²) in [5, 5.41) is 0. The molecule has 0 bridgehead atoms. The SMILES string of the molecule is COC1=C(C(C)C)CCC(N(C)CCC(C)C(C)C)=N1. The van der Waals surface area contributed by atoms with E-state index in [1.807, 2.05) is 0 Å². The lowest BCUT2D eigenvalue weighted by atomic mass is 9.94. The topological polar surface area (TPSA) is 24.8 Å². The number of aliphatic imine (C=N–C) groups is 1. The Bertz CT molecular complexity index is 369. The van der Waals surface area contributed by atoms with Crippen LogP contribution in [-0.4, -0.2) is 31.4 Å². The Morgan fingerprint density at radius 2 is 1.80 bits per heavy atom. The predicted molar refractivity (Wildman–Crippen MR) is 86.8 cm³/mol. The van der Waals surface area contributed by atoms with E-state index >= 15 is 0 Å². The van der Waals surface area contributed by atoms with Crippen molar-refractivity contribution in [2.75, 3.05) is 20.7 Å². The van der Waals surface area contributed by atoms with Crippen molar-refractivity contribution >= 4 is 5.84 Å². The maximum Gasteiger partial charge on any atom is 0.214 e. The Hall–Kier alpha value is -0.990. The molecule has 0 aromatic heterocycles. The van der Waals surface area contributed by atoms with E-state index in [1.165, 1.54) is 17.8 Å². The fraction of sp³-hybridized carbons (Fsp3) is 0.824. The highest BCUT2D eigenvalue weighted by molar-refractivity contribution is 5.84. The van der Waals surface area contributed by atoms with E-state index in [9.17, 15) is 0 Å². The molecule has 1 unspecified atom stereocenters. The molecule has 3 nitrogen and oxygen atoms in total. The summed E-state index contributed by atoms with van der Waals surface area (Å²) >= 11 is 0. The van der Waals surface area contributed by atoms with Gasteiger partial charge in [-0.2, -0.15) is 0 Å². The maximum atomic E-state index is 5.47. The van der Waals surface area contributed by atoms with Crippen LogP contribution in [0.25, 0.3) is 0 Å². The molecule has 20 heavy (non-hydrogen) atoms. The van der Waals surface area contributed by atoms with E-state index in [0.29, 0.717) is 5.92 Å². The third-order valence-corrected chi connectivity index (χ3v) is 4.51. The van der Waals surface area contributed by atoms with Crippen molar-refractivity contribution in [2.45, 2.75) is 53.9 Å². The number of nitrogens with zero attached hydrogens (tertiary/aromatic N) is 2. The minimum absolute atomic E-state index is 0.515. The monoisotopic (exact) mass is 280 g/mol. The standard InChI is InChI=1S/C17H32N2O/c1-12(2)14(5)10-11-19(6)16-9-8-15(13(3)4)17(18-16)20-7/h12-14H,8-11H2,1-7H3. The van der Waals surface area contributed by atoms with Crippen LogP contribution < -0.4 is 0 Å². The smallest absolute Gasteiger partial charge is 0.214 e. The summed E-state index contributed by atoms with van der Waals surface area (Å²) in [6, 6.07) is 0. The summed E-state index contributed by atoms with van der Waals surface area (Å²) in [4.78, 5) is 7.03. The Morgan fingerprint density at radius 3 is 2.30 bits per heavy atom. The molecular formula is C17H32N2O. The molecule has 1 aliphatic rings. The van der Waals surface area contributed by atoms with Crippen molar-refractivity contribution in [3.8, 4) is 0 Å². The lowest BCUT2D eigenvalue weighted by Gasteiger charge is -2.28. The number of hydrogen-bond acceptors (Lipinski definition) is 3. The molecule has 1 rings (SSSR count). The van der Waals surface area contributed by atoms with Gasteiger partial charge in [0.2, 0.25) is 5.88 Å². The van der Waals surface area contributed by atoms with Gasteiger partial charge in [0.15, 0.2) is 0 Å². The molecule has 0 aromatic carbocycles. The zero-order chi connectivity index (χ0) is 15.3. The fourth-order valence-corrected chi connectivity index (χ4v) is 2.45. The second kappa shape index (κ2) is 7.70. The van der Waals surface area contributed by atoms with Crippen molar-refractivity contribution in [1.82, 2.24) is 4.90 Å². The van der Waals surface area contributed by atoms with E-state index in [-0.39, 0.29) is 0 Å². The molecule has 0 saturated heterocycles. The van der Waals surface area contributed by atoms with Crippen molar-refractivity contribution in [3.63, 3.8) is 0 Å². The second-order valence-electron chi connectivity index (χ2n) is 6.65. The van der Waals surface area contributed by atoms with Crippen LogP contribution in [0.3, 0.4) is 0 Å². The average Bonchev–Trinajstić information content (AvgIpc) is 2.43. The van der Waals surface area contributed by atoms with Crippen LogP contribution >= 0.6 is 0 Å². The van der Waals surface area contributed by atoms with Crippen LogP contribution in [0.1, 0.15) is 53.9 Å². The van der Waals surface area contributed by atoms with Crippen LogP contribution in [0.2, 0.25) is 0 Å². The van der Waals surface area contributed by atoms with Crippen molar-refractivity contribution in [2.24, 2.45) is 22.7 Å². The average molecular weight is 280 g/mol. The highest BCUT2D eigenvalue weighted by atomic mass is 16.5. The summed E-state index contributed by atoms with van der Waals surface area (Å²) in [5.41, 5.74) is 1.35. The number of methoxy groups -OCH3 is 1. The molecule has 1 atom stereocenters. The van der Waals surface area contributed by atoms with E-state index in [1.54, 1.807) is 7.11 Å². The largest absolute Gasteiger partial charge is 0.481 e. The lowest BCUT2D eigenvalue weighted by molar-refractivity contribution is 0.271. The molecule has 0 aromatic rings. The molecule has 1 heterocycles. The molecule has 3 heteroatoms. The van der Waals surface area contributed by atoms with Crippen LogP contribution in [0, 0.1) is 17.8 Å². The van der Waals surface area contributed by atoms with Gasteiger partial charge in [0, 0.05) is 20.0 Å². The van der Waals surface area contributed by atoms with Gasteiger partial charge in [0.1, 0.15) is 5.84 Å². The van der Waals surface area contributed by atoms with Gasteiger partial charge in [-0.3, -0.25) is 0 Å². The maximum absolute atomic E-state index is 5.47. The van der Waals surface area contributed by atoms with Crippen LogP contribution in [0.5, 0.6) is 0 Å². The summed E-state index contributed by atoms with van der Waals surface area (Å²) in [6.45, 7) is 12.4. The summed E-state index contributed by atoms with van der Waals surface area (Å²) in [6.07, 6.45) is 3.33. The zero-order valence-electron chi connectivity index (χ0n) is 14.4. The molecule has 0 spiro atoms. The summed E-state index contributed by atoms with van der Waals surface area (Å²) in [5.74, 6) is 4.03. The molecule has 116 valence electrons. The quantitative estimate of drug-likeness (QED) is 0.724. The number of allylic oxidation sites excluding steroid dienone is 1. The molecule has 0 radical (unpaired) electrons. The number of rotatable bonds is 6. The normalized spacial score (nSPS) is 17.6. The number of amidine groups is 1. The van der Waals surface area contributed by atoms with Gasteiger partial charge >= 0.3 is 0 Å². The van der Waals surface area contributed by atoms with E-state index in [0.717, 1.165) is 37.1 Å². The fourth-order valence-electron chi connectivity index (χ4n) is 2.45. The first-order valence-electron chi connectivity index (χ1n) is 7.92. The summed E-state index contributed by atoms with van der Waals surface area (Å²) < 4.78 is 5.47. The zero-order valence-corrected chi connectivity index (χ0v) is 14.4. The van der Waals surface area contributed by atoms with Gasteiger partial charge in [-0.15, -0.1) is 0 Å². The first-order chi connectivity index (χ1) is 9.36. The molecule has 0 saturated carbocycles. The van der Waals surface area contributed by atoms with E-state index < -0.39 is 0 Å². The molecular weight excluding hydrogens is 248 g/mol. The second-order valence-corrected chi connectivity index (χ2v) is 6.65. The molecule has 0 amide bonds. The molecule has 0 fully saturated rings. The van der Waals surface area contributed by atoms with Gasteiger partial charge in [-0.05, 0) is 36.2 Å². The number of ether oxygens (including phenoxy) is 1. The Balaban J connectivity index is 2.68. The molecule has 0 N–H and O–H groups in total. The lowest BCUT2D eigenvalue weighted by Crippen LogP contribution is -2.31. The minimum Gasteiger partial charge on any atom is -0.481 e. The highest BCUT2D eigenvalue weighted by Gasteiger charge is 2.20. The molecule has 0 aliphatic carbocycles. The van der Waals surface area contributed by atoms with Crippen LogP contribution in [-0.2, 0) is 4.74 Å². The van der Waals surface area contributed by atoms with Gasteiger partial charge in [0.25, 0.3) is 0 Å². The van der Waals surface area contributed by atoms with Gasteiger partial charge in [-0.1, -0.05) is 34.6 Å². The van der Waals surface area contributed by atoms with Gasteiger partial charge in [-0.25, -0.2) is 4.99 Å². The van der Waals surface area contributed by atoms with Crippen LogP contribution in [0.4, 0.5) is 0 Å². The third-order valence-electron chi connectivity index (χ3n) is 4.51. The summed E-state index contributed by atoms with van der Waals surface area (Å²) in [7, 11) is 3.88. The van der Waals surface area contributed by atoms with E-state index in [4.69, 9.17) is 9.73 Å². The Kier molecular flexibility index (Phi) is 6.57. The van der Waals surface area contributed by atoms with Crippen molar-refractivity contribution in [3.05, 3.63) is 11.5 Å². The van der Waals surface area contributed by atoms with Gasteiger partial charge < -0.3 is 9.64 Å². The number of hydrogen-bond donors (Lipinski definition) is 0. The Morgan fingerprint density at radius 1 is 1.15 bits per heavy atom. The highest BCUT2D eigenvalue weighted by Crippen LogP contribution is 2.27. The predicted octanol–water partition coefficient (Wildman–Crippen LogP) is 4.31. The molecule has 1 aliphatic heterocycles. The van der Waals surface area contributed by atoms with Gasteiger partial charge in [0.05, 0.1) is 7.11 Å². The van der Waals surface area contributed by atoms with Crippen molar-refractivity contribution < 1.29 is 4.74 Å². The third kappa shape index (κ3) is 4.53. The first-order valence-corrected chi connectivity index (χ1v) is 7.92. The minimum atomic E-state index is 0.515. The van der Waals surface area contributed by atoms with Crippen LogP contribution in [0.15, 0.2) is 16.4 Å². The van der Waals surface area contributed by atoms with Crippen molar-refractivity contribution in [1.29, 1.82) is 0 Å².